The fourth-order valence-corrected chi connectivity index (χ4v) is 2.48. The molecule has 2 aromatic carbocycles. The van der Waals surface area contributed by atoms with Crippen molar-refractivity contribution in [1.29, 1.82) is 0 Å². The van der Waals surface area contributed by atoms with Crippen molar-refractivity contribution in [2.75, 3.05) is 0 Å². The molecule has 3 aromatic rings. The average Bonchev–Trinajstić information content (AvgIpc) is 2.76. The summed E-state index contributed by atoms with van der Waals surface area (Å²) in [6, 6.07) is 13.9. The summed E-state index contributed by atoms with van der Waals surface area (Å²) >= 11 is 0. The molecule has 0 aliphatic carbocycles. The van der Waals surface area contributed by atoms with Crippen LogP contribution in [0.25, 0.3) is 22.4 Å². The predicted octanol–water partition coefficient (Wildman–Crippen LogP) is 3.75. The van der Waals surface area contributed by atoms with Crippen molar-refractivity contribution in [3.8, 4) is 11.4 Å². The van der Waals surface area contributed by atoms with Crippen molar-refractivity contribution in [3.63, 3.8) is 0 Å². The average molecular weight is 264 g/mol. The van der Waals surface area contributed by atoms with Gasteiger partial charge >= 0.3 is 0 Å². The molecule has 0 N–H and O–H groups in total. The lowest BCUT2D eigenvalue weighted by molar-refractivity contribution is 0.101. The van der Waals surface area contributed by atoms with Crippen molar-refractivity contribution >= 4 is 16.8 Å². The largest absolute Gasteiger partial charge is 0.327 e. The van der Waals surface area contributed by atoms with Crippen LogP contribution in [0.1, 0.15) is 22.8 Å². The molecule has 3 heteroatoms. The Kier molecular flexibility index (Phi) is 2.90. The molecule has 20 heavy (non-hydrogen) atoms. The van der Waals surface area contributed by atoms with Gasteiger partial charge in [0.15, 0.2) is 5.78 Å². The number of carbonyl (C=O) groups is 1. The third-order valence-corrected chi connectivity index (χ3v) is 3.67. The number of imidazole rings is 1. The van der Waals surface area contributed by atoms with Crippen LogP contribution < -0.4 is 0 Å². The highest BCUT2D eigenvalue weighted by molar-refractivity contribution is 5.97. The summed E-state index contributed by atoms with van der Waals surface area (Å²) < 4.78 is 2.07. The zero-order valence-corrected chi connectivity index (χ0v) is 11.8. The molecular weight excluding hydrogens is 248 g/mol. The van der Waals surface area contributed by atoms with Gasteiger partial charge in [-0.25, -0.2) is 4.98 Å². The molecule has 0 aliphatic rings. The van der Waals surface area contributed by atoms with E-state index in [1.807, 2.05) is 37.4 Å². The van der Waals surface area contributed by atoms with Crippen LogP contribution in [0.15, 0.2) is 42.5 Å². The maximum absolute atomic E-state index is 11.5. The summed E-state index contributed by atoms with van der Waals surface area (Å²) in [5, 5.41) is 0. The fourth-order valence-electron chi connectivity index (χ4n) is 2.48. The number of ketones is 1. The Morgan fingerprint density at radius 2 is 1.90 bits per heavy atom. The summed E-state index contributed by atoms with van der Waals surface area (Å²) in [5.74, 6) is 0.994. The van der Waals surface area contributed by atoms with Crippen LogP contribution in [0.4, 0.5) is 0 Å². The van der Waals surface area contributed by atoms with Gasteiger partial charge in [0.2, 0.25) is 0 Å². The molecule has 0 atom stereocenters. The van der Waals surface area contributed by atoms with Crippen LogP contribution in [0.2, 0.25) is 0 Å². The first kappa shape index (κ1) is 12.6. The molecule has 100 valence electrons. The van der Waals surface area contributed by atoms with Crippen LogP contribution in [0.3, 0.4) is 0 Å². The first-order chi connectivity index (χ1) is 9.58. The van der Waals surface area contributed by atoms with Crippen LogP contribution in [-0.2, 0) is 7.05 Å². The first-order valence-corrected chi connectivity index (χ1v) is 6.61. The summed E-state index contributed by atoms with van der Waals surface area (Å²) in [4.78, 5) is 16.2. The molecule has 0 amide bonds. The van der Waals surface area contributed by atoms with E-state index in [1.165, 1.54) is 5.56 Å². The minimum absolute atomic E-state index is 0.0648. The standard InChI is InChI=1S/C17H16N2O/c1-11-6-4-5-7-14(11)17-18-15-10-13(12(2)20)8-9-16(15)19(17)3/h4-10H,1-3H3. The molecule has 0 fully saturated rings. The van der Waals surface area contributed by atoms with E-state index in [-0.39, 0.29) is 5.78 Å². The Bertz CT molecular complexity index is 815. The van der Waals surface area contributed by atoms with Gasteiger partial charge in [-0.2, -0.15) is 0 Å². The number of nitrogens with zero attached hydrogens (tertiary/aromatic N) is 2. The van der Waals surface area contributed by atoms with Gasteiger partial charge in [-0.1, -0.05) is 24.3 Å². The van der Waals surface area contributed by atoms with Gasteiger partial charge in [0.05, 0.1) is 11.0 Å². The van der Waals surface area contributed by atoms with Gasteiger partial charge in [-0.05, 0) is 37.6 Å². The van der Waals surface area contributed by atoms with E-state index in [0.717, 1.165) is 22.4 Å². The number of aryl methyl sites for hydroxylation is 2. The zero-order valence-electron chi connectivity index (χ0n) is 11.8. The Balaban J connectivity index is 2.26. The Hall–Kier alpha value is -2.42. The smallest absolute Gasteiger partial charge is 0.159 e. The molecular formula is C17H16N2O. The summed E-state index contributed by atoms with van der Waals surface area (Å²) in [5.41, 5.74) is 4.91. The second-order valence-electron chi connectivity index (χ2n) is 5.07. The molecule has 0 saturated heterocycles. The lowest BCUT2D eigenvalue weighted by Gasteiger charge is -2.05. The van der Waals surface area contributed by atoms with Gasteiger partial charge in [0.1, 0.15) is 5.82 Å². The Morgan fingerprint density at radius 3 is 2.60 bits per heavy atom. The van der Waals surface area contributed by atoms with E-state index < -0.39 is 0 Å². The number of carbonyl (C=O) groups excluding carboxylic acids is 1. The number of rotatable bonds is 2. The topological polar surface area (TPSA) is 34.9 Å². The van der Waals surface area contributed by atoms with Crippen LogP contribution in [-0.4, -0.2) is 15.3 Å². The van der Waals surface area contributed by atoms with Crippen molar-refractivity contribution in [2.24, 2.45) is 7.05 Å². The van der Waals surface area contributed by atoms with Crippen LogP contribution in [0, 0.1) is 6.92 Å². The van der Waals surface area contributed by atoms with Crippen LogP contribution in [0.5, 0.6) is 0 Å². The maximum Gasteiger partial charge on any atom is 0.159 e. The van der Waals surface area contributed by atoms with Gasteiger partial charge < -0.3 is 4.57 Å². The molecule has 0 radical (unpaired) electrons. The van der Waals surface area contributed by atoms with Gasteiger partial charge in [-0.3, -0.25) is 4.79 Å². The minimum atomic E-state index is 0.0648. The van der Waals surface area contributed by atoms with E-state index in [9.17, 15) is 4.79 Å². The molecule has 3 rings (SSSR count). The molecule has 3 nitrogen and oxygen atoms in total. The number of aromatic nitrogens is 2. The van der Waals surface area contributed by atoms with E-state index in [2.05, 4.69) is 23.6 Å². The minimum Gasteiger partial charge on any atom is -0.327 e. The van der Waals surface area contributed by atoms with E-state index in [0.29, 0.717) is 5.56 Å². The van der Waals surface area contributed by atoms with Crippen molar-refractivity contribution in [1.82, 2.24) is 9.55 Å². The monoisotopic (exact) mass is 264 g/mol. The lowest BCUT2D eigenvalue weighted by atomic mass is 10.1. The molecule has 0 saturated carbocycles. The normalized spacial score (nSPS) is 10.9. The SMILES string of the molecule is CC(=O)c1ccc2c(c1)nc(-c1ccccc1C)n2C. The second kappa shape index (κ2) is 4.60. The summed E-state index contributed by atoms with van der Waals surface area (Å²) in [6.45, 7) is 3.65. The predicted molar refractivity (Wildman–Crippen MR) is 80.9 cm³/mol. The van der Waals surface area contributed by atoms with E-state index in [1.54, 1.807) is 6.92 Å². The highest BCUT2D eigenvalue weighted by atomic mass is 16.1. The number of hydrogen-bond donors (Lipinski definition) is 0. The van der Waals surface area contributed by atoms with Gasteiger partial charge in [-0.15, -0.1) is 0 Å². The number of benzene rings is 2. The van der Waals surface area contributed by atoms with E-state index in [4.69, 9.17) is 4.98 Å². The molecule has 0 spiro atoms. The molecule has 0 unspecified atom stereocenters. The Morgan fingerprint density at radius 1 is 1.15 bits per heavy atom. The third-order valence-electron chi connectivity index (χ3n) is 3.67. The zero-order chi connectivity index (χ0) is 14.3. The number of Topliss-reactive ketones (excluding diaryl/α,β-unsaturated/α-hetero) is 1. The quantitative estimate of drug-likeness (QED) is 0.661. The maximum atomic E-state index is 11.5. The summed E-state index contributed by atoms with van der Waals surface area (Å²) in [7, 11) is 2.00. The first-order valence-electron chi connectivity index (χ1n) is 6.61. The highest BCUT2D eigenvalue weighted by Crippen LogP contribution is 2.26. The number of fused-ring (bicyclic) bond motifs is 1. The highest BCUT2D eigenvalue weighted by Gasteiger charge is 2.12. The fraction of sp³-hybridized carbons (Fsp3) is 0.176. The molecule has 0 aliphatic heterocycles. The lowest BCUT2D eigenvalue weighted by Crippen LogP contribution is -1.94. The Labute approximate surface area is 117 Å². The van der Waals surface area contributed by atoms with Crippen molar-refractivity contribution < 1.29 is 4.79 Å². The van der Waals surface area contributed by atoms with Crippen molar-refractivity contribution in [2.45, 2.75) is 13.8 Å². The van der Waals surface area contributed by atoms with Crippen LogP contribution >= 0.6 is 0 Å². The third kappa shape index (κ3) is 1.92. The van der Waals surface area contributed by atoms with E-state index >= 15 is 0 Å². The molecule has 1 aromatic heterocycles. The van der Waals surface area contributed by atoms with Crippen molar-refractivity contribution in [3.05, 3.63) is 53.6 Å². The molecule has 1 heterocycles. The van der Waals surface area contributed by atoms with Gasteiger partial charge in [0.25, 0.3) is 0 Å². The second-order valence-corrected chi connectivity index (χ2v) is 5.07. The number of hydrogen-bond acceptors (Lipinski definition) is 2. The summed E-state index contributed by atoms with van der Waals surface area (Å²) in [6.07, 6.45) is 0. The van der Waals surface area contributed by atoms with Gasteiger partial charge in [0, 0.05) is 18.2 Å². The molecule has 0 bridgehead atoms.